The van der Waals surface area contributed by atoms with E-state index in [1.807, 2.05) is 0 Å². The van der Waals surface area contributed by atoms with E-state index in [0.29, 0.717) is 0 Å². The zero-order valence-electron chi connectivity index (χ0n) is 12.2. The molecule has 0 aromatic rings. The number of fused-ring (bicyclic) bond motifs is 2. The minimum absolute atomic E-state index is 0.412. The first-order valence-corrected chi connectivity index (χ1v) is 8.22. The summed E-state index contributed by atoms with van der Waals surface area (Å²) in [7, 11) is -3.74. The van der Waals surface area contributed by atoms with Crippen LogP contribution in [0.1, 0.15) is 20.8 Å². The summed E-state index contributed by atoms with van der Waals surface area (Å²) in [4.78, 5) is 33.7. The van der Waals surface area contributed by atoms with Gasteiger partial charge in [0, 0.05) is 20.8 Å². The van der Waals surface area contributed by atoms with Crippen LogP contribution in [-0.4, -0.2) is 61.9 Å². The Morgan fingerprint density at radius 1 is 0.864 bits per heavy atom. The molecular formula is C12H16O9S. The first-order valence-electron chi connectivity index (χ1n) is 6.50. The summed E-state index contributed by atoms with van der Waals surface area (Å²) in [6.45, 7) is 3.32. The second-order valence-corrected chi connectivity index (χ2v) is 7.22. The highest BCUT2D eigenvalue weighted by molar-refractivity contribution is 7.92. The van der Waals surface area contributed by atoms with Crippen molar-refractivity contribution in [3.05, 3.63) is 0 Å². The van der Waals surface area contributed by atoms with E-state index in [1.165, 1.54) is 0 Å². The molecule has 0 aromatic carbocycles. The highest BCUT2D eigenvalue weighted by Crippen LogP contribution is 2.37. The lowest BCUT2D eigenvalue weighted by molar-refractivity contribution is -0.224. The van der Waals surface area contributed by atoms with Crippen molar-refractivity contribution in [3.63, 3.8) is 0 Å². The van der Waals surface area contributed by atoms with E-state index in [-0.39, 0.29) is 0 Å². The van der Waals surface area contributed by atoms with E-state index >= 15 is 0 Å². The third-order valence-corrected chi connectivity index (χ3v) is 5.13. The van der Waals surface area contributed by atoms with Gasteiger partial charge in [-0.1, -0.05) is 0 Å². The Kier molecular flexibility index (Phi) is 4.43. The number of hydrogen-bond acceptors (Lipinski definition) is 9. The molecule has 0 amide bonds. The molecule has 0 N–H and O–H groups in total. The summed E-state index contributed by atoms with van der Waals surface area (Å²) in [5.74, 6) is -2.61. The van der Waals surface area contributed by atoms with Gasteiger partial charge in [-0.2, -0.15) is 0 Å². The molecular weight excluding hydrogens is 320 g/mol. The van der Waals surface area contributed by atoms with E-state index in [9.17, 15) is 22.8 Å². The van der Waals surface area contributed by atoms with Crippen LogP contribution >= 0.6 is 0 Å². The molecule has 10 heteroatoms. The lowest BCUT2D eigenvalue weighted by Gasteiger charge is -2.38. The van der Waals surface area contributed by atoms with Crippen molar-refractivity contribution in [2.24, 2.45) is 0 Å². The molecule has 0 aliphatic carbocycles. The fraction of sp³-hybridized carbons (Fsp3) is 0.750. The largest absolute Gasteiger partial charge is 0.456 e. The fourth-order valence-electron chi connectivity index (χ4n) is 2.60. The number of rotatable bonds is 3. The van der Waals surface area contributed by atoms with Crippen molar-refractivity contribution in [3.8, 4) is 0 Å². The van der Waals surface area contributed by atoms with Crippen molar-refractivity contribution >= 4 is 27.7 Å². The summed E-state index contributed by atoms with van der Waals surface area (Å²) in [6, 6.07) is 0. The summed E-state index contributed by atoms with van der Waals surface area (Å²) in [5.41, 5.74) is -1.45. The van der Waals surface area contributed by atoms with Gasteiger partial charge in [0.15, 0.2) is 33.6 Å². The fourth-order valence-corrected chi connectivity index (χ4v) is 4.45. The van der Waals surface area contributed by atoms with Gasteiger partial charge in [-0.3, -0.25) is 14.4 Å². The van der Waals surface area contributed by atoms with E-state index in [4.69, 9.17) is 18.9 Å². The topological polar surface area (TPSA) is 122 Å². The van der Waals surface area contributed by atoms with Crippen LogP contribution in [0.4, 0.5) is 0 Å². The van der Waals surface area contributed by atoms with Gasteiger partial charge in [-0.25, -0.2) is 8.42 Å². The number of hydrogen-bond donors (Lipinski definition) is 0. The average Bonchev–Trinajstić information content (AvgIpc) is 2.61. The monoisotopic (exact) mass is 336 g/mol. The molecule has 2 bridgehead atoms. The van der Waals surface area contributed by atoms with Crippen molar-refractivity contribution in [2.45, 2.75) is 50.6 Å². The predicted octanol–water partition coefficient (Wildman–Crippen LogP) is -1.07. The Labute approximate surface area is 126 Å². The molecule has 0 saturated carbocycles. The first kappa shape index (κ1) is 16.7. The third-order valence-electron chi connectivity index (χ3n) is 3.25. The smallest absolute Gasteiger partial charge is 0.303 e. The molecule has 2 fully saturated rings. The predicted molar refractivity (Wildman–Crippen MR) is 69.1 cm³/mol. The van der Waals surface area contributed by atoms with Gasteiger partial charge in [-0.15, -0.1) is 0 Å². The summed E-state index contributed by atoms with van der Waals surface area (Å²) < 4.78 is 44.6. The zero-order chi connectivity index (χ0) is 16.7. The number of carbonyl (C=O) groups is 3. The zero-order valence-corrected chi connectivity index (χ0v) is 13.0. The molecule has 22 heavy (non-hydrogen) atoms. The minimum atomic E-state index is -3.74. The van der Waals surface area contributed by atoms with Crippen LogP contribution in [0.25, 0.3) is 0 Å². The van der Waals surface area contributed by atoms with Crippen molar-refractivity contribution in [1.82, 2.24) is 0 Å². The van der Waals surface area contributed by atoms with Crippen molar-refractivity contribution in [1.29, 1.82) is 0 Å². The van der Waals surface area contributed by atoms with Crippen LogP contribution in [-0.2, 0) is 43.2 Å². The molecule has 2 saturated heterocycles. The molecule has 2 rings (SSSR count). The standard InChI is InChI=1S/C12H16O9S/c1-5(13)18-9-8-4-22(16,17)12(21-8)11(20-7(3)15)10(9)19-6(2)14/h8-12H,4H2,1-3H3/t8-,9-,10+,11-,12+/m1/s1. The number of sulfone groups is 1. The van der Waals surface area contributed by atoms with Gasteiger partial charge in [-0.05, 0) is 0 Å². The van der Waals surface area contributed by atoms with E-state index in [1.54, 1.807) is 0 Å². The average molecular weight is 336 g/mol. The van der Waals surface area contributed by atoms with Gasteiger partial charge in [0.05, 0.1) is 5.75 Å². The molecule has 0 radical (unpaired) electrons. The molecule has 2 aliphatic heterocycles. The molecule has 0 unspecified atom stereocenters. The van der Waals surface area contributed by atoms with Crippen LogP contribution in [0.5, 0.6) is 0 Å². The molecule has 2 aliphatic rings. The molecule has 0 spiro atoms. The lowest BCUT2D eigenvalue weighted by Crippen LogP contribution is -2.58. The molecule has 2 heterocycles. The van der Waals surface area contributed by atoms with Gasteiger partial charge in [0.2, 0.25) is 0 Å². The van der Waals surface area contributed by atoms with Crippen LogP contribution in [0.2, 0.25) is 0 Å². The van der Waals surface area contributed by atoms with E-state index in [0.717, 1.165) is 20.8 Å². The Bertz CT molecular complexity index is 596. The van der Waals surface area contributed by atoms with Gasteiger partial charge in [0.25, 0.3) is 0 Å². The van der Waals surface area contributed by atoms with Gasteiger partial charge >= 0.3 is 17.9 Å². The van der Waals surface area contributed by atoms with Crippen LogP contribution in [0.3, 0.4) is 0 Å². The summed E-state index contributed by atoms with van der Waals surface area (Å²) in [6.07, 6.45) is -4.78. The highest BCUT2D eigenvalue weighted by Gasteiger charge is 2.61. The van der Waals surface area contributed by atoms with Crippen LogP contribution in [0, 0.1) is 0 Å². The van der Waals surface area contributed by atoms with Crippen molar-refractivity contribution in [2.75, 3.05) is 5.75 Å². The summed E-state index contributed by atoms with van der Waals surface area (Å²) >= 11 is 0. The maximum atomic E-state index is 12.1. The van der Waals surface area contributed by atoms with Crippen LogP contribution < -0.4 is 0 Å². The number of carbonyl (C=O) groups excluding carboxylic acids is 3. The normalized spacial score (nSPS) is 35.5. The maximum Gasteiger partial charge on any atom is 0.303 e. The van der Waals surface area contributed by atoms with Crippen LogP contribution in [0.15, 0.2) is 0 Å². The van der Waals surface area contributed by atoms with Gasteiger partial charge in [0.1, 0.15) is 6.10 Å². The summed E-state index contributed by atoms with van der Waals surface area (Å²) in [5, 5.41) is 0. The minimum Gasteiger partial charge on any atom is -0.456 e. The molecule has 0 aromatic heterocycles. The number of esters is 3. The third kappa shape index (κ3) is 3.22. The lowest BCUT2D eigenvalue weighted by atomic mass is 10.0. The van der Waals surface area contributed by atoms with Gasteiger partial charge < -0.3 is 18.9 Å². The molecule has 9 nitrogen and oxygen atoms in total. The molecule has 5 atom stereocenters. The SMILES string of the molecule is CC(=O)O[C@@H]1[C@@H](OC(C)=O)[C@H]2O[C@H](CS2(=O)=O)[C@H]1OC(C)=O. The van der Waals surface area contributed by atoms with E-state index < -0.39 is 63.3 Å². The first-order chi connectivity index (χ1) is 10.1. The Morgan fingerprint density at radius 3 is 1.82 bits per heavy atom. The van der Waals surface area contributed by atoms with Crippen molar-refractivity contribution < 1.29 is 41.7 Å². The highest BCUT2D eigenvalue weighted by atomic mass is 32.2. The molecule has 124 valence electrons. The second kappa shape index (κ2) is 5.84. The quantitative estimate of drug-likeness (QED) is 0.468. The number of ether oxygens (including phenoxy) is 4. The Morgan fingerprint density at radius 2 is 1.32 bits per heavy atom. The Balaban J connectivity index is 2.41. The maximum absolute atomic E-state index is 12.1. The second-order valence-electron chi connectivity index (χ2n) is 5.09. The van der Waals surface area contributed by atoms with E-state index in [2.05, 4.69) is 0 Å². The Hall–Kier alpha value is -1.68.